The van der Waals surface area contributed by atoms with Gasteiger partial charge in [0.1, 0.15) is 12.2 Å². The van der Waals surface area contributed by atoms with E-state index in [-0.39, 0.29) is 0 Å². The summed E-state index contributed by atoms with van der Waals surface area (Å²) in [4.78, 5) is 15.0. The number of fused-ring (bicyclic) bond motifs is 3. The zero-order chi connectivity index (χ0) is 29.6. The second-order valence-corrected chi connectivity index (χ2v) is 12.6. The monoisotopic (exact) mass is 641 g/mol. The number of halogens is 1. The lowest BCUT2D eigenvalue weighted by molar-refractivity contribution is 0.0249. The van der Waals surface area contributed by atoms with E-state index in [0.29, 0.717) is 12.8 Å². The van der Waals surface area contributed by atoms with E-state index in [1.54, 1.807) is 0 Å². The highest BCUT2D eigenvalue weighted by atomic mass is 79.9. The summed E-state index contributed by atoms with van der Waals surface area (Å²) in [6, 6.07) is 26.8. The SMILES string of the molecule is Brc1ccc(N2CCN(Cc3cc4c(c5ncccc35)OCN(C3CCN(Cc5ccccc5)CC3)C4)CC2)cc1.CC. The van der Waals surface area contributed by atoms with Crippen LogP contribution in [0, 0.1) is 0 Å². The van der Waals surface area contributed by atoms with Crippen molar-refractivity contribution >= 4 is 32.5 Å². The maximum Gasteiger partial charge on any atom is 0.152 e. The van der Waals surface area contributed by atoms with E-state index in [4.69, 9.17) is 9.72 Å². The Kier molecular flexibility index (Phi) is 9.94. The number of nitrogens with zero attached hydrogens (tertiary/aromatic N) is 5. The summed E-state index contributed by atoms with van der Waals surface area (Å²) in [6.45, 7) is 14.1. The van der Waals surface area contributed by atoms with Crippen LogP contribution in [-0.2, 0) is 19.6 Å². The van der Waals surface area contributed by atoms with Crippen molar-refractivity contribution in [3.63, 3.8) is 0 Å². The summed E-state index contributed by atoms with van der Waals surface area (Å²) in [7, 11) is 0. The molecule has 0 amide bonds. The Labute approximate surface area is 265 Å². The Bertz CT molecular complexity index is 1460. The molecule has 0 spiro atoms. The quantitative estimate of drug-likeness (QED) is 0.222. The van der Waals surface area contributed by atoms with Gasteiger partial charge in [0.15, 0.2) is 5.75 Å². The molecule has 4 aromatic rings. The van der Waals surface area contributed by atoms with Crippen molar-refractivity contribution in [3.8, 4) is 5.75 Å². The van der Waals surface area contributed by atoms with Gasteiger partial charge in [0, 0.05) is 79.2 Å². The highest BCUT2D eigenvalue weighted by Gasteiger charge is 2.30. The van der Waals surface area contributed by atoms with Crippen molar-refractivity contribution in [3.05, 3.63) is 100 Å². The van der Waals surface area contributed by atoms with Crippen LogP contribution < -0.4 is 9.64 Å². The van der Waals surface area contributed by atoms with E-state index in [1.165, 1.54) is 40.6 Å². The van der Waals surface area contributed by atoms with Gasteiger partial charge in [-0.15, -0.1) is 0 Å². The topological polar surface area (TPSA) is 35.1 Å². The number of piperidine rings is 1. The first-order valence-corrected chi connectivity index (χ1v) is 16.7. The number of rotatable bonds is 6. The van der Waals surface area contributed by atoms with Crippen LogP contribution in [0.5, 0.6) is 5.75 Å². The maximum absolute atomic E-state index is 6.47. The van der Waals surface area contributed by atoms with Crippen molar-refractivity contribution in [2.24, 2.45) is 0 Å². The minimum Gasteiger partial charge on any atom is -0.475 e. The van der Waals surface area contributed by atoms with Gasteiger partial charge in [-0.3, -0.25) is 19.7 Å². The average molecular weight is 643 g/mol. The fourth-order valence-corrected chi connectivity index (χ4v) is 7.01. The number of hydrogen-bond donors (Lipinski definition) is 0. The van der Waals surface area contributed by atoms with Crippen molar-refractivity contribution in [2.45, 2.75) is 52.4 Å². The van der Waals surface area contributed by atoms with Gasteiger partial charge in [0.05, 0.1) is 0 Å². The van der Waals surface area contributed by atoms with Crippen LogP contribution in [0.15, 0.2) is 83.5 Å². The van der Waals surface area contributed by atoms with Crippen molar-refractivity contribution in [2.75, 3.05) is 50.9 Å². The molecule has 3 aromatic carbocycles. The molecule has 7 rings (SSSR count). The summed E-state index contributed by atoms with van der Waals surface area (Å²) in [5.41, 5.74) is 6.39. The van der Waals surface area contributed by atoms with Gasteiger partial charge < -0.3 is 9.64 Å². The fourth-order valence-electron chi connectivity index (χ4n) is 6.75. The number of hydrogen-bond acceptors (Lipinski definition) is 6. The van der Waals surface area contributed by atoms with Crippen LogP contribution >= 0.6 is 15.9 Å². The van der Waals surface area contributed by atoms with Gasteiger partial charge in [0.25, 0.3) is 0 Å². The molecule has 3 aliphatic heterocycles. The Morgan fingerprint density at radius 2 is 1.53 bits per heavy atom. The van der Waals surface area contributed by atoms with Crippen molar-refractivity contribution < 1.29 is 4.74 Å². The first kappa shape index (κ1) is 30.1. The molecule has 2 saturated heterocycles. The molecule has 6 nitrogen and oxygen atoms in total. The van der Waals surface area contributed by atoms with Crippen LogP contribution in [0.3, 0.4) is 0 Å². The molecule has 1 aromatic heterocycles. The standard InChI is InChI=1S/C34H38BrN5O.C2H6/c35-29-8-10-30(11-9-29)39-19-17-38(18-20-39)23-27-21-28-24-40(25-41-34(28)33-32(27)7-4-14-36-33)31-12-15-37(16-13-31)22-26-5-2-1-3-6-26;1-2/h1-11,14,21,31H,12-13,15-20,22-25H2;1-2H3. The molecule has 0 aliphatic carbocycles. The lowest BCUT2D eigenvalue weighted by Crippen LogP contribution is -2.47. The molecule has 43 heavy (non-hydrogen) atoms. The molecule has 0 radical (unpaired) electrons. The van der Waals surface area contributed by atoms with Crippen molar-refractivity contribution in [1.82, 2.24) is 19.7 Å². The Balaban J connectivity index is 0.00000161. The summed E-state index contributed by atoms with van der Waals surface area (Å²) in [6.07, 6.45) is 4.28. The molecule has 0 unspecified atom stereocenters. The van der Waals surface area contributed by atoms with Gasteiger partial charge >= 0.3 is 0 Å². The Morgan fingerprint density at radius 3 is 2.28 bits per heavy atom. The number of aromatic nitrogens is 1. The van der Waals surface area contributed by atoms with Crippen LogP contribution in [0.25, 0.3) is 10.9 Å². The molecular formula is C36H44BrN5O. The van der Waals surface area contributed by atoms with E-state index in [2.05, 4.69) is 108 Å². The molecule has 2 fully saturated rings. The maximum atomic E-state index is 6.47. The Morgan fingerprint density at radius 1 is 0.814 bits per heavy atom. The normalized spacial score (nSPS) is 18.5. The zero-order valence-electron chi connectivity index (χ0n) is 25.6. The summed E-state index contributed by atoms with van der Waals surface area (Å²) < 4.78 is 7.60. The second kappa shape index (κ2) is 14.2. The third-order valence-electron chi connectivity index (χ3n) is 9.04. The first-order chi connectivity index (χ1) is 21.2. The number of ether oxygens (including phenoxy) is 1. The van der Waals surface area contributed by atoms with Gasteiger partial charge in [-0.25, -0.2) is 0 Å². The lowest BCUT2D eigenvalue weighted by Gasteiger charge is -2.40. The van der Waals surface area contributed by atoms with E-state index in [9.17, 15) is 0 Å². The third kappa shape index (κ3) is 7.07. The largest absolute Gasteiger partial charge is 0.475 e. The molecule has 226 valence electrons. The summed E-state index contributed by atoms with van der Waals surface area (Å²) in [5, 5.41) is 1.23. The first-order valence-electron chi connectivity index (χ1n) is 15.9. The van der Waals surface area contributed by atoms with E-state index in [0.717, 1.165) is 74.6 Å². The van der Waals surface area contributed by atoms with Gasteiger partial charge in [-0.2, -0.15) is 0 Å². The van der Waals surface area contributed by atoms with Gasteiger partial charge in [-0.1, -0.05) is 66.2 Å². The Hall–Kier alpha value is -2.97. The number of piperazine rings is 1. The third-order valence-corrected chi connectivity index (χ3v) is 9.57. The van der Waals surface area contributed by atoms with Crippen LogP contribution in [-0.4, -0.2) is 71.7 Å². The highest BCUT2D eigenvalue weighted by Crippen LogP contribution is 2.37. The predicted octanol–water partition coefficient (Wildman–Crippen LogP) is 7.16. The second-order valence-electron chi connectivity index (χ2n) is 11.7. The minimum absolute atomic E-state index is 0.560. The van der Waals surface area contributed by atoms with E-state index in [1.807, 2.05) is 20.0 Å². The molecule has 4 heterocycles. The molecule has 7 heteroatoms. The molecule has 0 N–H and O–H groups in total. The summed E-state index contributed by atoms with van der Waals surface area (Å²) in [5.74, 6) is 0.988. The van der Waals surface area contributed by atoms with E-state index >= 15 is 0 Å². The minimum atomic E-state index is 0.560. The van der Waals surface area contributed by atoms with Gasteiger partial charge in [-0.05, 0) is 73.5 Å². The van der Waals surface area contributed by atoms with Crippen molar-refractivity contribution in [1.29, 1.82) is 0 Å². The van der Waals surface area contributed by atoms with Crippen LogP contribution in [0.4, 0.5) is 5.69 Å². The molecule has 0 bridgehead atoms. The van der Waals surface area contributed by atoms with Crippen LogP contribution in [0.1, 0.15) is 43.4 Å². The number of likely N-dealkylation sites (tertiary alicyclic amines) is 1. The molecule has 3 aliphatic rings. The van der Waals surface area contributed by atoms with Crippen LogP contribution in [0.2, 0.25) is 0 Å². The average Bonchev–Trinajstić information content (AvgIpc) is 3.07. The molecule has 0 saturated carbocycles. The highest BCUT2D eigenvalue weighted by molar-refractivity contribution is 9.10. The predicted molar refractivity (Wildman–Crippen MR) is 181 cm³/mol. The van der Waals surface area contributed by atoms with E-state index < -0.39 is 0 Å². The number of pyridine rings is 1. The number of anilines is 1. The molecular weight excluding hydrogens is 598 g/mol. The summed E-state index contributed by atoms with van der Waals surface area (Å²) >= 11 is 3.56. The number of benzene rings is 3. The fraction of sp³-hybridized carbons (Fsp3) is 0.417. The smallest absolute Gasteiger partial charge is 0.152 e. The molecule has 0 atom stereocenters. The zero-order valence-corrected chi connectivity index (χ0v) is 27.2. The lowest BCUT2D eigenvalue weighted by atomic mass is 9.98. The van der Waals surface area contributed by atoms with Gasteiger partial charge in [0.2, 0.25) is 0 Å².